The summed E-state index contributed by atoms with van der Waals surface area (Å²) in [6.45, 7) is 5.50. The number of hydrogen-bond acceptors (Lipinski definition) is 4. The summed E-state index contributed by atoms with van der Waals surface area (Å²) in [4.78, 5) is 15.6. The van der Waals surface area contributed by atoms with Crippen molar-refractivity contribution in [1.29, 1.82) is 0 Å². The molecule has 126 valence electrons. The first kappa shape index (κ1) is 17.5. The first-order chi connectivity index (χ1) is 11.4. The van der Waals surface area contributed by atoms with Crippen LogP contribution in [-0.4, -0.2) is 30.5 Å². The van der Waals surface area contributed by atoms with Crippen molar-refractivity contribution >= 4 is 17.9 Å². The largest absolute Gasteiger partial charge is 0.493 e. The Balaban J connectivity index is 2.38. The van der Waals surface area contributed by atoms with Crippen molar-refractivity contribution in [2.24, 2.45) is 4.99 Å². The minimum atomic E-state index is -1.04. The zero-order valence-electron chi connectivity index (χ0n) is 14.2. The molecule has 0 saturated heterocycles. The summed E-state index contributed by atoms with van der Waals surface area (Å²) in [5.41, 5.74) is 3.74. The van der Waals surface area contributed by atoms with E-state index in [0.29, 0.717) is 17.1 Å². The van der Waals surface area contributed by atoms with E-state index in [2.05, 4.69) is 11.1 Å². The number of benzene rings is 2. The number of carbonyl (C=O) groups is 1. The molecular formula is C19H21NO4. The molecule has 1 atom stereocenters. The number of para-hydroxylation sites is 1. The average molecular weight is 327 g/mol. The van der Waals surface area contributed by atoms with E-state index in [4.69, 9.17) is 14.6 Å². The summed E-state index contributed by atoms with van der Waals surface area (Å²) in [6, 6.07) is 11.3. The lowest BCUT2D eigenvalue weighted by molar-refractivity contribution is -0.144. The number of hydrogen-bond donors (Lipinski definition) is 1. The van der Waals surface area contributed by atoms with Crippen molar-refractivity contribution in [3.05, 3.63) is 53.1 Å². The molecule has 0 saturated carbocycles. The second-order valence-corrected chi connectivity index (χ2v) is 5.53. The third-order valence-electron chi connectivity index (χ3n) is 3.57. The van der Waals surface area contributed by atoms with Crippen LogP contribution in [-0.2, 0) is 4.79 Å². The normalized spacial score (nSPS) is 12.2. The number of carboxylic acids is 1. The molecule has 2 aromatic carbocycles. The zero-order valence-corrected chi connectivity index (χ0v) is 14.2. The fraction of sp³-hybridized carbons (Fsp3) is 0.263. The number of nitrogens with zero attached hydrogens (tertiary/aromatic N) is 1. The van der Waals surface area contributed by atoms with E-state index in [9.17, 15) is 4.79 Å². The van der Waals surface area contributed by atoms with Gasteiger partial charge in [-0.3, -0.25) is 4.99 Å². The van der Waals surface area contributed by atoms with Crippen LogP contribution in [0.4, 0.5) is 5.69 Å². The molecule has 2 aromatic rings. The molecule has 0 radical (unpaired) electrons. The van der Waals surface area contributed by atoms with Crippen molar-refractivity contribution in [3.8, 4) is 11.5 Å². The smallest absolute Gasteiger partial charge is 0.344 e. The van der Waals surface area contributed by atoms with Crippen molar-refractivity contribution in [1.82, 2.24) is 0 Å². The summed E-state index contributed by atoms with van der Waals surface area (Å²) in [7, 11) is 1.51. The molecule has 0 aromatic heterocycles. The van der Waals surface area contributed by atoms with E-state index in [1.54, 1.807) is 24.4 Å². The molecule has 1 N–H and O–H groups in total. The van der Waals surface area contributed by atoms with Gasteiger partial charge in [-0.2, -0.15) is 0 Å². The number of carboxylic acid groups (broad SMARTS) is 1. The van der Waals surface area contributed by atoms with Crippen LogP contribution < -0.4 is 9.47 Å². The second-order valence-electron chi connectivity index (χ2n) is 5.53. The quantitative estimate of drug-likeness (QED) is 0.817. The lowest BCUT2D eigenvalue weighted by Crippen LogP contribution is -2.23. The van der Waals surface area contributed by atoms with E-state index < -0.39 is 12.1 Å². The van der Waals surface area contributed by atoms with Gasteiger partial charge in [0, 0.05) is 11.8 Å². The summed E-state index contributed by atoms with van der Waals surface area (Å²) in [5.74, 6) is -0.214. The third kappa shape index (κ3) is 4.13. The zero-order chi connectivity index (χ0) is 17.7. The minimum absolute atomic E-state index is 0.364. The van der Waals surface area contributed by atoms with Gasteiger partial charge in [-0.1, -0.05) is 23.8 Å². The molecule has 0 aliphatic carbocycles. The van der Waals surface area contributed by atoms with Crippen LogP contribution in [0.5, 0.6) is 11.5 Å². The Hall–Kier alpha value is -2.82. The Morgan fingerprint density at radius 1 is 1.25 bits per heavy atom. The van der Waals surface area contributed by atoms with Crippen LogP contribution in [0.2, 0.25) is 0 Å². The van der Waals surface area contributed by atoms with Gasteiger partial charge in [-0.25, -0.2) is 4.79 Å². The Kier molecular flexibility index (Phi) is 5.58. The lowest BCUT2D eigenvalue weighted by atomic mass is 10.1. The second kappa shape index (κ2) is 7.64. The maximum absolute atomic E-state index is 11.1. The number of rotatable bonds is 6. The average Bonchev–Trinajstić information content (AvgIpc) is 2.54. The van der Waals surface area contributed by atoms with Crippen LogP contribution in [0.3, 0.4) is 0 Å². The molecular weight excluding hydrogens is 306 g/mol. The Bertz CT molecular complexity index is 768. The summed E-state index contributed by atoms with van der Waals surface area (Å²) in [6.07, 6.45) is 0.666. The van der Waals surface area contributed by atoms with Crippen LogP contribution in [0.25, 0.3) is 0 Å². The van der Waals surface area contributed by atoms with E-state index in [1.165, 1.54) is 19.6 Å². The SMILES string of the molecule is COc1cccc(C=Nc2ccc(C)cc2C)c1O[C@@H](C)C(=O)O. The van der Waals surface area contributed by atoms with Crippen LogP contribution >= 0.6 is 0 Å². The van der Waals surface area contributed by atoms with Gasteiger partial charge in [0.1, 0.15) is 0 Å². The van der Waals surface area contributed by atoms with Gasteiger partial charge in [-0.05, 0) is 44.5 Å². The van der Waals surface area contributed by atoms with E-state index in [1.807, 2.05) is 26.0 Å². The van der Waals surface area contributed by atoms with Crippen molar-refractivity contribution in [3.63, 3.8) is 0 Å². The number of aliphatic carboxylic acids is 1. The maximum Gasteiger partial charge on any atom is 0.344 e. The molecule has 0 aliphatic rings. The molecule has 0 spiro atoms. The lowest BCUT2D eigenvalue weighted by Gasteiger charge is -2.15. The highest BCUT2D eigenvalue weighted by Crippen LogP contribution is 2.31. The molecule has 0 unspecified atom stereocenters. The predicted molar refractivity (Wildman–Crippen MR) is 93.9 cm³/mol. The summed E-state index contributed by atoms with van der Waals surface area (Å²) in [5, 5.41) is 9.07. The number of methoxy groups -OCH3 is 1. The summed E-state index contributed by atoms with van der Waals surface area (Å²) >= 11 is 0. The van der Waals surface area contributed by atoms with Gasteiger partial charge in [-0.15, -0.1) is 0 Å². The number of ether oxygens (including phenoxy) is 2. The molecule has 2 rings (SSSR count). The van der Waals surface area contributed by atoms with Gasteiger partial charge in [0.25, 0.3) is 0 Å². The number of aliphatic imine (C=N–C) groups is 1. The van der Waals surface area contributed by atoms with Gasteiger partial charge < -0.3 is 14.6 Å². The monoisotopic (exact) mass is 327 g/mol. The van der Waals surface area contributed by atoms with Crippen LogP contribution in [0.1, 0.15) is 23.6 Å². The Morgan fingerprint density at radius 2 is 2.00 bits per heavy atom. The van der Waals surface area contributed by atoms with E-state index in [0.717, 1.165) is 11.3 Å². The summed E-state index contributed by atoms with van der Waals surface area (Å²) < 4.78 is 10.8. The first-order valence-electron chi connectivity index (χ1n) is 7.60. The fourth-order valence-electron chi connectivity index (χ4n) is 2.24. The van der Waals surface area contributed by atoms with Gasteiger partial charge in [0.05, 0.1) is 12.8 Å². The minimum Gasteiger partial charge on any atom is -0.493 e. The molecule has 0 amide bonds. The topological polar surface area (TPSA) is 68.1 Å². The molecule has 24 heavy (non-hydrogen) atoms. The van der Waals surface area contributed by atoms with E-state index >= 15 is 0 Å². The van der Waals surface area contributed by atoms with E-state index in [-0.39, 0.29) is 0 Å². The van der Waals surface area contributed by atoms with Crippen molar-refractivity contribution < 1.29 is 19.4 Å². The number of aryl methyl sites for hydroxylation is 2. The Morgan fingerprint density at radius 3 is 2.62 bits per heavy atom. The van der Waals surface area contributed by atoms with Gasteiger partial charge >= 0.3 is 5.97 Å². The highest BCUT2D eigenvalue weighted by Gasteiger charge is 2.17. The highest BCUT2D eigenvalue weighted by atomic mass is 16.5. The molecule has 0 heterocycles. The predicted octanol–water partition coefficient (Wildman–Crippen LogP) is 3.91. The van der Waals surface area contributed by atoms with Crippen molar-refractivity contribution in [2.45, 2.75) is 26.9 Å². The molecule has 5 nitrogen and oxygen atoms in total. The van der Waals surface area contributed by atoms with Gasteiger partial charge in [0.15, 0.2) is 17.6 Å². The fourth-order valence-corrected chi connectivity index (χ4v) is 2.24. The Labute approximate surface area is 141 Å². The van der Waals surface area contributed by atoms with Crippen molar-refractivity contribution in [2.75, 3.05) is 7.11 Å². The van der Waals surface area contributed by atoms with Gasteiger partial charge in [0.2, 0.25) is 0 Å². The highest BCUT2D eigenvalue weighted by molar-refractivity contribution is 5.87. The van der Waals surface area contributed by atoms with Crippen LogP contribution in [0.15, 0.2) is 41.4 Å². The third-order valence-corrected chi connectivity index (χ3v) is 3.57. The first-order valence-corrected chi connectivity index (χ1v) is 7.60. The molecule has 5 heteroatoms. The molecule has 0 bridgehead atoms. The van der Waals surface area contributed by atoms with Crippen LogP contribution in [0, 0.1) is 13.8 Å². The molecule has 0 aliphatic heterocycles. The maximum atomic E-state index is 11.1. The standard InChI is InChI=1S/C19H21NO4/c1-12-8-9-16(13(2)10-12)20-11-15-6-5-7-17(23-4)18(15)24-14(3)19(21)22/h5-11,14H,1-4H3,(H,21,22)/t14-/m0/s1. The molecule has 0 fully saturated rings.